The molecule has 18 heavy (non-hydrogen) atoms. The zero-order valence-electron chi connectivity index (χ0n) is 9.56. The van der Waals surface area contributed by atoms with Gasteiger partial charge in [-0.1, -0.05) is 6.07 Å². The van der Waals surface area contributed by atoms with Crippen molar-refractivity contribution in [3.05, 3.63) is 29.6 Å². The highest BCUT2D eigenvalue weighted by Crippen LogP contribution is 2.29. The number of hydrogen-bond acceptors (Lipinski definition) is 3. The number of carbonyl (C=O) groups is 1. The Morgan fingerprint density at radius 3 is 2.67 bits per heavy atom. The average Bonchev–Trinajstić information content (AvgIpc) is 2.64. The lowest BCUT2D eigenvalue weighted by atomic mass is 10.2. The fourth-order valence-corrected chi connectivity index (χ4v) is 3.01. The van der Waals surface area contributed by atoms with E-state index in [1.54, 1.807) is 13.0 Å². The Morgan fingerprint density at radius 1 is 1.44 bits per heavy atom. The van der Waals surface area contributed by atoms with Crippen molar-refractivity contribution in [1.82, 2.24) is 0 Å². The van der Waals surface area contributed by atoms with E-state index in [-0.39, 0.29) is 18.9 Å². The molecule has 1 fully saturated rings. The normalized spacial score (nSPS) is 20.5. The number of anilines is 1. The minimum absolute atomic E-state index is 0.0328. The van der Waals surface area contributed by atoms with Gasteiger partial charge in [0.25, 0.3) is 0 Å². The summed E-state index contributed by atoms with van der Waals surface area (Å²) in [5.74, 6) is -0.796. The fraction of sp³-hybridized carbons (Fsp3) is 0.364. The number of nitrogens with zero attached hydrogens (tertiary/aromatic N) is 1. The Hall–Kier alpha value is -1.14. The van der Waals surface area contributed by atoms with Gasteiger partial charge in [0.05, 0.1) is 0 Å². The van der Waals surface area contributed by atoms with Crippen LogP contribution in [0, 0.1) is 12.7 Å². The van der Waals surface area contributed by atoms with Gasteiger partial charge >= 0.3 is 0 Å². The highest BCUT2D eigenvalue weighted by atomic mass is 35.7. The second kappa shape index (κ2) is 4.51. The first-order chi connectivity index (χ1) is 8.30. The number of amides is 1. The average molecular weight is 292 g/mol. The third-order valence-corrected chi connectivity index (χ3v) is 4.89. The highest BCUT2D eigenvalue weighted by Gasteiger charge is 2.38. The van der Waals surface area contributed by atoms with Gasteiger partial charge in [0.1, 0.15) is 11.1 Å². The molecule has 0 spiro atoms. The van der Waals surface area contributed by atoms with Crippen LogP contribution in [0.4, 0.5) is 10.1 Å². The molecule has 0 aromatic heterocycles. The molecule has 1 saturated heterocycles. The van der Waals surface area contributed by atoms with Crippen molar-refractivity contribution >= 4 is 31.3 Å². The third-order valence-electron chi connectivity index (χ3n) is 3.02. The molecule has 98 valence electrons. The van der Waals surface area contributed by atoms with Crippen molar-refractivity contribution in [2.75, 3.05) is 11.4 Å². The maximum absolute atomic E-state index is 13.4. The molecule has 1 unspecified atom stereocenters. The molecule has 2 rings (SSSR count). The summed E-state index contributed by atoms with van der Waals surface area (Å²) in [5, 5.41) is -0.936. The molecular weight excluding hydrogens is 281 g/mol. The van der Waals surface area contributed by atoms with E-state index in [0.717, 1.165) is 0 Å². The van der Waals surface area contributed by atoms with Crippen molar-refractivity contribution in [2.24, 2.45) is 0 Å². The molecule has 0 aliphatic carbocycles. The Labute approximate surface area is 109 Å². The Balaban J connectivity index is 2.36. The quantitative estimate of drug-likeness (QED) is 0.781. The zero-order chi connectivity index (χ0) is 13.5. The van der Waals surface area contributed by atoms with Crippen molar-refractivity contribution in [1.29, 1.82) is 0 Å². The Kier molecular flexibility index (Phi) is 3.33. The molecule has 7 heteroatoms. The van der Waals surface area contributed by atoms with Crippen LogP contribution in [0.15, 0.2) is 18.2 Å². The summed E-state index contributed by atoms with van der Waals surface area (Å²) < 4.78 is 35.8. The summed E-state index contributed by atoms with van der Waals surface area (Å²) in [6.45, 7) is 1.51. The van der Waals surface area contributed by atoms with Crippen molar-refractivity contribution in [3.63, 3.8) is 0 Å². The van der Waals surface area contributed by atoms with Crippen LogP contribution < -0.4 is 4.90 Å². The molecule has 1 atom stereocenters. The second-order valence-electron chi connectivity index (χ2n) is 4.19. The predicted octanol–water partition coefficient (Wildman–Crippen LogP) is 1.81. The van der Waals surface area contributed by atoms with Crippen LogP contribution in [0.25, 0.3) is 0 Å². The number of carbonyl (C=O) groups excluding carboxylic acids is 1. The van der Waals surface area contributed by atoms with Gasteiger partial charge in [-0.05, 0) is 19.1 Å². The molecule has 0 bridgehead atoms. The number of benzene rings is 1. The minimum atomic E-state index is -3.78. The van der Waals surface area contributed by atoms with Crippen molar-refractivity contribution in [2.45, 2.75) is 18.6 Å². The van der Waals surface area contributed by atoms with E-state index in [2.05, 4.69) is 0 Å². The lowest BCUT2D eigenvalue weighted by Crippen LogP contribution is -2.27. The number of rotatable bonds is 2. The van der Waals surface area contributed by atoms with E-state index in [0.29, 0.717) is 11.3 Å². The maximum atomic E-state index is 13.4. The molecule has 1 aliphatic heterocycles. The van der Waals surface area contributed by atoms with Crippen LogP contribution in [0.2, 0.25) is 0 Å². The van der Waals surface area contributed by atoms with E-state index in [1.165, 1.54) is 17.0 Å². The number of halogens is 2. The Morgan fingerprint density at radius 2 is 2.11 bits per heavy atom. The standard InChI is InChI=1S/C11H11ClFNO3S/c1-7-9(13)3-2-4-10(7)14-6-8(5-11(14)15)18(12,16)17/h2-4,8H,5-6H2,1H3. The fourth-order valence-electron chi connectivity index (χ4n) is 1.98. The third kappa shape index (κ3) is 2.35. The van der Waals surface area contributed by atoms with Crippen LogP contribution >= 0.6 is 10.7 Å². The van der Waals surface area contributed by atoms with Gasteiger partial charge in [-0.15, -0.1) is 0 Å². The zero-order valence-corrected chi connectivity index (χ0v) is 11.1. The molecule has 0 N–H and O–H groups in total. The molecular formula is C11H11ClFNO3S. The summed E-state index contributed by atoms with van der Waals surface area (Å²) >= 11 is 0. The molecule has 1 amide bonds. The van der Waals surface area contributed by atoms with Gasteiger partial charge in [-0.25, -0.2) is 12.8 Å². The van der Waals surface area contributed by atoms with Gasteiger partial charge in [-0.2, -0.15) is 0 Å². The Bertz CT molecular complexity index is 602. The first-order valence-corrected chi connectivity index (χ1v) is 7.67. The monoisotopic (exact) mass is 291 g/mol. The minimum Gasteiger partial charge on any atom is -0.311 e. The molecule has 4 nitrogen and oxygen atoms in total. The van der Waals surface area contributed by atoms with Gasteiger partial charge in [0.2, 0.25) is 15.0 Å². The van der Waals surface area contributed by atoms with Crippen molar-refractivity contribution < 1.29 is 17.6 Å². The van der Waals surface area contributed by atoms with Gasteiger partial charge in [0.15, 0.2) is 0 Å². The van der Waals surface area contributed by atoms with Crippen LogP contribution in [-0.4, -0.2) is 26.1 Å². The number of hydrogen-bond donors (Lipinski definition) is 0. The summed E-state index contributed by atoms with van der Waals surface area (Å²) in [6.07, 6.45) is -0.165. The first kappa shape index (κ1) is 13.3. The van der Waals surface area contributed by atoms with Crippen molar-refractivity contribution in [3.8, 4) is 0 Å². The van der Waals surface area contributed by atoms with Crippen LogP contribution in [0.5, 0.6) is 0 Å². The van der Waals surface area contributed by atoms with Crippen LogP contribution in [0.3, 0.4) is 0 Å². The molecule has 1 aliphatic rings. The smallest absolute Gasteiger partial charge is 0.237 e. The van der Waals surface area contributed by atoms with Crippen LogP contribution in [0.1, 0.15) is 12.0 Å². The topological polar surface area (TPSA) is 54.5 Å². The summed E-state index contributed by atoms with van der Waals surface area (Å²) in [5.41, 5.74) is 0.710. The molecule has 1 heterocycles. The van der Waals surface area contributed by atoms with E-state index in [4.69, 9.17) is 10.7 Å². The van der Waals surface area contributed by atoms with E-state index < -0.39 is 20.1 Å². The maximum Gasteiger partial charge on any atom is 0.237 e. The van der Waals surface area contributed by atoms with E-state index >= 15 is 0 Å². The predicted molar refractivity (Wildman–Crippen MR) is 66.7 cm³/mol. The highest BCUT2D eigenvalue weighted by molar-refractivity contribution is 8.14. The van der Waals surface area contributed by atoms with E-state index in [9.17, 15) is 17.6 Å². The summed E-state index contributed by atoms with van der Waals surface area (Å²) in [6, 6.07) is 4.35. The lowest BCUT2D eigenvalue weighted by Gasteiger charge is -2.18. The van der Waals surface area contributed by atoms with Gasteiger partial charge < -0.3 is 4.90 Å². The molecule has 0 radical (unpaired) electrons. The van der Waals surface area contributed by atoms with E-state index in [1.807, 2.05) is 0 Å². The summed E-state index contributed by atoms with van der Waals surface area (Å²) in [4.78, 5) is 13.0. The SMILES string of the molecule is Cc1c(F)cccc1N1CC(S(=O)(=O)Cl)CC1=O. The molecule has 1 aromatic rings. The van der Waals surface area contributed by atoms with Crippen LogP contribution in [-0.2, 0) is 13.8 Å². The largest absolute Gasteiger partial charge is 0.311 e. The lowest BCUT2D eigenvalue weighted by molar-refractivity contribution is -0.117. The summed E-state index contributed by atoms with van der Waals surface area (Å²) in [7, 11) is 1.46. The molecule has 0 saturated carbocycles. The van der Waals surface area contributed by atoms with Gasteiger partial charge in [-0.3, -0.25) is 4.79 Å². The second-order valence-corrected chi connectivity index (χ2v) is 7.10. The molecule has 1 aromatic carbocycles. The first-order valence-electron chi connectivity index (χ1n) is 5.29. The van der Waals surface area contributed by atoms with Gasteiger partial charge in [0, 0.05) is 34.9 Å².